The normalized spacial score (nSPS) is 11.2. The topological polar surface area (TPSA) is 98.5 Å². The van der Waals surface area contributed by atoms with Gasteiger partial charge in [0.15, 0.2) is 9.84 Å². The standard InChI is InChI=1S/C12H18N2O4S/c1-18-7-9-19(16,17)8-6-12(15)14-11-4-2-10(13)3-5-11/h2-5H,6-9,13H2,1H3,(H,14,15). The summed E-state index contributed by atoms with van der Waals surface area (Å²) in [6.45, 7) is 0.141. The number of benzene rings is 1. The highest BCUT2D eigenvalue weighted by Gasteiger charge is 2.13. The summed E-state index contributed by atoms with van der Waals surface area (Å²) in [6, 6.07) is 6.63. The van der Waals surface area contributed by atoms with Crippen molar-refractivity contribution in [3.05, 3.63) is 24.3 Å². The van der Waals surface area contributed by atoms with Crippen LogP contribution in [-0.4, -0.2) is 39.5 Å². The maximum absolute atomic E-state index is 11.6. The Labute approximate surface area is 112 Å². The van der Waals surface area contributed by atoms with Crippen LogP contribution in [0.5, 0.6) is 0 Å². The lowest BCUT2D eigenvalue weighted by Gasteiger charge is -2.06. The first-order valence-electron chi connectivity index (χ1n) is 5.78. The van der Waals surface area contributed by atoms with Crippen LogP contribution in [0.4, 0.5) is 11.4 Å². The van der Waals surface area contributed by atoms with Crippen molar-refractivity contribution < 1.29 is 17.9 Å². The Bertz CT molecular complexity index is 511. The highest BCUT2D eigenvalue weighted by molar-refractivity contribution is 7.91. The Morgan fingerprint density at radius 3 is 2.47 bits per heavy atom. The van der Waals surface area contributed by atoms with Crippen molar-refractivity contribution in [3.8, 4) is 0 Å². The smallest absolute Gasteiger partial charge is 0.225 e. The molecule has 1 aromatic carbocycles. The van der Waals surface area contributed by atoms with Gasteiger partial charge in [0, 0.05) is 24.9 Å². The lowest BCUT2D eigenvalue weighted by molar-refractivity contribution is -0.115. The fourth-order valence-corrected chi connectivity index (χ4v) is 2.47. The molecule has 0 spiro atoms. The number of hydrogen-bond acceptors (Lipinski definition) is 5. The maximum Gasteiger partial charge on any atom is 0.225 e. The number of ether oxygens (including phenoxy) is 1. The third-order valence-corrected chi connectivity index (χ3v) is 4.05. The van der Waals surface area contributed by atoms with Crippen LogP contribution >= 0.6 is 0 Å². The molecule has 1 amide bonds. The van der Waals surface area contributed by atoms with E-state index in [9.17, 15) is 13.2 Å². The van der Waals surface area contributed by atoms with E-state index in [1.54, 1.807) is 24.3 Å². The highest BCUT2D eigenvalue weighted by Crippen LogP contribution is 2.10. The zero-order chi connectivity index (χ0) is 14.3. The Balaban J connectivity index is 2.41. The number of hydrogen-bond donors (Lipinski definition) is 2. The Morgan fingerprint density at radius 1 is 1.26 bits per heavy atom. The zero-order valence-electron chi connectivity index (χ0n) is 10.8. The SMILES string of the molecule is COCCS(=O)(=O)CCC(=O)Nc1ccc(N)cc1. The van der Waals surface area contributed by atoms with Gasteiger partial charge in [-0.15, -0.1) is 0 Å². The van der Waals surface area contributed by atoms with Gasteiger partial charge in [0.2, 0.25) is 5.91 Å². The second-order valence-corrected chi connectivity index (χ2v) is 6.37. The lowest BCUT2D eigenvalue weighted by atomic mass is 10.3. The van der Waals surface area contributed by atoms with Crippen LogP contribution < -0.4 is 11.1 Å². The van der Waals surface area contributed by atoms with Crippen LogP contribution in [0.3, 0.4) is 0 Å². The number of rotatable bonds is 7. The molecule has 19 heavy (non-hydrogen) atoms. The third kappa shape index (κ3) is 6.21. The minimum atomic E-state index is -3.24. The number of sulfone groups is 1. The van der Waals surface area contributed by atoms with Crippen molar-refractivity contribution in [2.45, 2.75) is 6.42 Å². The number of nitrogen functional groups attached to an aromatic ring is 1. The molecule has 0 saturated carbocycles. The average Bonchev–Trinajstić information content (AvgIpc) is 2.37. The molecule has 0 heterocycles. The van der Waals surface area contributed by atoms with Gasteiger partial charge >= 0.3 is 0 Å². The minimum absolute atomic E-state index is 0.0708. The third-order valence-electron chi connectivity index (χ3n) is 2.43. The quantitative estimate of drug-likeness (QED) is 0.717. The number of carbonyl (C=O) groups is 1. The summed E-state index contributed by atoms with van der Waals surface area (Å²) < 4.78 is 27.7. The molecule has 0 radical (unpaired) electrons. The van der Waals surface area contributed by atoms with Crippen LogP contribution in [-0.2, 0) is 19.4 Å². The number of methoxy groups -OCH3 is 1. The molecule has 6 nitrogen and oxygen atoms in total. The number of amides is 1. The predicted molar refractivity (Wildman–Crippen MR) is 74.6 cm³/mol. The molecule has 1 aromatic rings. The van der Waals surface area contributed by atoms with Gasteiger partial charge in [0.25, 0.3) is 0 Å². The summed E-state index contributed by atoms with van der Waals surface area (Å²) in [5.41, 5.74) is 6.70. The van der Waals surface area contributed by atoms with Gasteiger partial charge in [-0.05, 0) is 24.3 Å². The maximum atomic E-state index is 11.6. The molecule has 0 saturated heterocycles. The number of anilines is 2. The van der Waals surface area contributed by atoms with Crippen LogP contribution in [0.15, 0.2) is 24.3 Å². The molecule has 0 aromatic heterocycles. The molecule has 0 aliphatic heterocycles. The van der Waals surface area contributed by atoms with Gasteiger partial charge in [-0.1, -0.05) is 0 Å². The monoisotopic (exact) mass is 286 g/mol. The Morgan fingerprint density at radius 2 is 1.89 bits per heavy atom. The Kier molecular flexibility index (Phi) is 5.78. The van der Waals surface area contributed by atoms with E-state index in [2.05, 4.69) is 5.32 Å². The number of nitrogens with one attached hydrogen (secondary N) is 1. The van der Waals surface area contributed by atoms with Gasteiger partial charge < -0.3 is 15.8 Å². The van der Waals surface area contributed by atoms with Crippen LogP contribution in [0.1, 0.15) is 6.42 Å². The predicted octanol–water partition coefficient (Wildman–Crippen LogP) is 0.659. The average molecular weight is 286 g/mol. The van der Waals surface area contributed by atoms with E-state index in [0.717, 1.165) is 0 Å². The highest BCUT2D eigenvalue weighted by atomic mass is 32.2. The summed E-state index contributed by atoms with van der Waals surface area (Å²) in [6.07, 6.45) is -0.0730. The lowest BCUT2D eigenvalue weighted by Crippen LogP contribution is -2.20. The molecule has 7 heteroatoms. The molecule has 0 unspecified atom stereocenters. The van der Waals surface area contributed by atoms with Gasteiger partial charge in [-0.3, -0.25) is 4.79 Å². The fourth-order valence-electron chi connectivity index (χ4n) is 1.35. The van der Waals surface area contributed by atoms with E-state index in [0.29, 0.717) is 11.4 Å². The number of nitrogens with two attached hydrogens (primary N) is 1. The molecular formula is C12H18N2O4S. The van der Waals surface area contributed by atoms with E-state index in [1.165, 1.54) is 7.11 Å². The summed E-state index contributed by atoms with van der Waals surface area (Å²) in [4.78, 5) is 11.6. The molecule has 1 rings (SSSR count). The second-order valence-electron chi connectivity index (χ2n) is 4.06. The molecule has 0 fully saturated rings. The van der Waals surface area contributed by atoms with Crippen molar-refractivity contribution in [1.82, 2.24) is 0 Å². The van der Waals surface area contributed by atoms with Crippen molar-refractivity contribution in [2.75, 3.05) is 36.3 Å². The van der Waals surface area contributed by atoms with Crippen LogP contribution in [0, 0.1) is 0 Å². The summed E-state index contributed by atoms with van der Waals surface area (Å²) >= 11 is 0. The Hall–Kier alpha value is -1.60. The minimum Gasteiger partial charge on any atom is -0.399 e. The first-order valence-corrected chi connectivity index (χ1v) is 7.60. The van der Waals surface area contributed by atoms with Gasteiger partial charge in [-0.2, -0.15) is 0 Å². The molecule has 106 valence electrons. The summed E-state index contributed by atoms with van der Waals surface area (Å²) in [7, 11) is -1.81. The first-order chi connectivity index (χ1) is 8.93. The molecule has 0 bridgehead atoms. The van der Waals surface area contributed by atoms with Gasteiger partial charge in [0.05, 0.1) is 18.1 Å². The van der Waals surface area contributed by atoms with Gasteiger partial charge in [0.1, 0.15) is 0 Å². The van der Waals surface area contributed by atoms with Crippen molar-refractivity contribution in [1.29, 1.82) is 0 Å². The van der Waals surface area contributed by atoms with E-state index >= 15 is 0 Å². The molecular weight excluding hydrogens is 268 g/mol. The van der Waals surface area contributed by atoms with Crippen molar-refractivity contribution in [2.24, 2.45) is 0 Å². The number of carbonyl (C=O) groups excluding carboxylic acids is 1. The van der Waals surface area contributed by atoms with Crippen molar-refractivity contribution >= 4 is 27.1 Å². The fraction of sp³-hybridized carbons (Fsp3) is 0.417. The van der Waals surface area contributed by atoms with Crippen molar-refractivity contribution in [3.63, 3.8) is 0 Å². The second kappa shape index (κ2) is 7.10. The zero-order valence-corrected chi connectivity index (χ0v) is 11.6. The largest absolute Gasteiger partial charge is 0.399 e. The van der Waals surface area contributed by atoms with E-state index in [-0.39, 0.29) is 30.4 Å². The van der Waals surface area contributed by atoms with Crippen LogP contribution in [0.2, 0.25) is 0 Å². The van der Waals surface area contributed by atoms with E-state index in [1.807, 2.05) is 0 Å². The first kappa shape index (κ1) is 15.5. The van der Waals surface area contributed by atoms with Gasteiger partial charge in [-0.25, -0.2) is 8.42 Å². The molecule has 0 aliphatic carbocycles. The van der Waals surface area contributed by atoms with E-state index < -0.39 is 9.84 Å². The molecule has 0 aliphatic rings. The summed E-state index contributed by atoms with van der Waals surface area (Å²) in [5, 5.41) is 2.61. The van der Waals surface area contributed by atoms with Crippen LogP contribution in [0.25, 0.3) is 0 Å². The molecule has 0 atom stereocenters. The van der Waals surface area contributed by atoms with E-state index in [4.69, 9.17) is 10.5 Å². The summed E-state index contributed by atoms with van der Waals surface area (Å²) in [5.74, 6) is -0.596. The molecule has 3 N–H and O–H groups in total.